The number of halogens is 1. The van der Waals surface area contributed by atoms with Crippen LogP contribution >= 0.6 is 27.3 Å². The largest absolute Gasteiger partial charge is 0.443 e. The van der Waals surface area contributed by atoms with Crippen molar-refractivity contribution in [3.05, 3.63) is 20.8 Å². The predicted octanol–water partition coefficient (Wildman–Crippen LogP) is 1.79. The van der Waals surface area contributed by atoms with Gasteiger partial charge in [-0.2, -0.15) is 0 Å². The van der Waals surface area contributed by atoms with Crippen LogP contribution in [0, 0.1) is 0 Å². The Balaban J connectivity index is 1.98. The second-order valence-electron chi connectivity index (χ2n) is 3.35. The number of carbonyl (C=O) groups excluding carboxylic acids is 1. The van der Waals surface area contributed by atoms with Crippen molar-refractivity contribution in [2.24, 2.45) is 5.73 Å². The molecule has 0 spiro atoms. The highest BCUT2D eigenvalue weighted by atomic mass is 79.9. The number of thiophene rings is 1. The first kappa shape index (κ1) is 10.9. The quantitative estimate of drug-likeness (QED) is 0.923. The molecular formula is C9H11BrN2O2S. The molecular weight excluding hydrogens is 280 g/mol. The molecule has 1 aliphatic rings. The summed E-state index contributed by atoms with van der Waals surface area (Å²) < 4.78 is 6.10. The van der Waals surface area contributed by atoms with E-state index in [2.05, 4.69) is 15.9 Å². The van der Waals surface area contributed by atoms with E-state index in [0.717, 1.165) is 9.35 Å². The Morgan fingerprint density at radius 3 is 3.07 bits per heavy atom. The molecule has 82 valence electrons. The van der Waals surface area contributed by atoms with Crippen LogP contribution in [0.25, 0.3) is 0 Å². The first-order chi connectivity index (χ1) is 7.19. The van der Waals surface area contributed by atoms with Gasteiger partial charge in [0.25, 0.3) is 0 Å². The molecule has 0 radical (unpaired) electrons. The molecule has 6 heteroatoms. The van der Waals surface area contributed by atoms with Gasteiger partial charge in [-0.15, -0.1) is 11.3 Å². The molecule has 2 N–H and O–H groups in total. The SMILES string of the molecule is NCC1CN(Cc2cc(Br)cs2)C(=O)O1. The minimum Gasteiger partial charge on any atom is -0.443 e. The van der Waals surface area contributed by atoms with Crippen molar-refractivity contribution in [1.29, 1.82) is 0 Å². The van der Waals surface area contributed by atoms with Crippen LogP contribution in [0.3, 0.4) is 0 Å². The smallest absolute Gasteiger partial charge is 0.410 e. The van der Waals surface area contributed by atoms with E-state index in [9.17, 15) is 4.79 Å². The molecule has 4 nitrogen and oxygen atoms in total. The molecule has 1 aliphatic heterocycles. The number of hydrogen-bond donors (Lipinski definition) is 1. The fraction of sp³-hybridized carbons (Fsp3) is 0.444. The summed E-state index contributed by atoms with van der Waals surface area (Å²) in [5, 5.41) is 2.00. The van der Waals surface area contributed by atoms with Gasteiger partial charge in [-0.1, -0.05) is 0 Å². The first-order valence-electron chi connectivity index (χ1n) is 4.57. The summed E-state index contributed by atoms with van der Waals surface area (Å²) in [6, 6.07) is 2.01. The van der Waals surface area contributed by atoms with E-state index in [4.69, 9.17) is 10.5 Å². The molecule has 1 aromatic heterocycles. The predicted molar refractivity (Wildman–Crippen MR) is 61.8 cm³/mol. The maximum Gasteiger partial charge on any atom is 0.410 e. The molecule has 1 fully saturated rings. The third kappa shape index (κ3) is 2.50. The second kappa shape index (κ2) is 4.51. The van der Waals surface area contributed by atoms with Gasteiger partial charge in [0.2, 0.25) is 0 Å². The van der Waals surface area contributed by atoms with Gasteiger partial charge in [0.05, 0.1) is 13.1 Å². The van der Waals surface area contributed by atoms with Crippen LogP contribution in [0.4, 0.5) is 4.79 Å². The van der Waals surface area contributed by atoms with Crippen molar-refractivity contribution in [3.63, 3.8) is 0 Å². The van der Waals surface area contributed by atoms with Crippen molar-refractivity contribution in [1.82, 2.24) is 4.90 Å². The van der Waals surface area contributed by atoms with E-state index >= 15 is 0 Å². The van der Waals surface area contributed by atoms with E-state index in [0.29, 0.717) is 19.6 Å². The van der Waals surface area contributed by atoms with Crippen molar-refractivity contribution in [2.75, 3.05) is 13.1 Å². The molecule has 2 rings (SSSR count). The summed E-state index contributed by atoms with van der Waals surface area (Å²) in [7, 11) is 0. The summed E-state index contributed by atoms with van der Waals surface area (Å²) in [6.45, 7) is 1.58. The molecule has 0 aliphatic carbocycles. The van der Waals surface area contributed by atoms with Gasteiger partial charge in [0.1, 0.15) is 6.10 Å². The van der Waals surface area contributed by atoms with E-state index < -0.39 is 0 Å². The van der Waals surface area contributed by atoms with E-state index in [1.807, 2.05) is 11.4 Å². The number of ether oxygens (including phenoxy) is 1. The average molecular weight is 291 g/mol. The minimum atomic E-state index is -0.269. The number of nitrogens with zero attached hydrogens (tertiary/aromatic N) is 1. The van der Waals surface area contributed by atoms with Gasteiger partial charge in [-0.05, 0) is 22.0 Å². The minimum absolute atomic E-state index is 0.152. The molecule has 1 amide bonds. The Hall–Kier alpha value is -0.590. The number of hydrogen-bond acceptors (Lipinski definition) is 4. The molecule has 0 bridgehead atoms. The van der Waals surface area contributed by atoms with Crippen LogP contribution in [0.2, 0.25) is 0 Å². The third-order valence-corrected chi connectivity index (χ3v) is 3.86. The zero-order valence-electron chi connectivity index (χ0n) is 7.98. The standard InChI is InChI=1S/C9H11BrN2O2S/c10-6-1-8(15-5-6)4-12-3-7(2-11)14-9(12)13/h1,5,7H,2-4,11H2. The molecule has 1 unspecified atom stereocenters. The Labute approximate surface area is 100 Å². The highest BCUT2D eigenvalue weighted by Gasteiger charge is 2.30. The topological polar surface area (TPSA) is 55.6 Å². The van der Waals surface area contributed by atoms with Gasteiger partial charge < -0.3 is 10.5 Å². The summed E-state index contributed by atoms with van der Waals surface area (Å²) in [6.07, 6.45) is -0.420. The van der Waals surface area contributed by atoms with Gasteiger partial charge in [0, 0.05) is 21.3 Å². The normalized spacial score (nSPS) is 20.8. The fourth-order valence-electron chi connectivity index (χ4n) is 1.45. The van der Waals surface area contributed by atoms with E-state index in [-0.39, 0.29) is 12.2 Å². The van der Waals surface area contributed by atoms with Crippen LogP contribution in [-0.4, -0.2) is 30.2 Å². The number of nitrogens with two attached hydrogens (primary N) is 1. The van der Waals surface area contributed by atoms with E-state index in [1.165, 1.54) is 0 Å². The third-order valence-electron chi connectivity index (χ3n) is 2.18. The van der Waals surface area contributed by atoms with Crippen molar-refractivity contribution in [2.45, 2.75) is 12.6 Å². The van der Waals surface area contributed by atoms with Gasteiger partial charge in [0.15, 0.2) is 0 Å². The van der Waals surface area contributed by atoms with Crippen molar-refractivity contribution < 1.29 is 9.53 Å². The van der Waals surface area contributed by atoms with Crippen LogP contribution < -0.4 is 5.73 Å². The lowest BCUT2D eigenvalue weighted by molar-refractivity contribution is 0.134. The number of amides is 1. The molecule has 1 aromatic rings. The molecule has 0 aromatic carbocycles. The Morgan fingerprint density at radius 1 is 1.73 bits per heavy atom. The van der Waals surface area contributed by atoms with Crippen LogP contribution in [0.15, 0.2) is 15.9 Å². The Morgan fingerprint density at radius 2 is 2.53 bits per heavy atom. The van der Waals surface area contributed by atoms with Gasteiger partial charge >= 0.3 is 6.09 Å². The lowest BCUT2D eigenvalue weighted by Gasteiger charge is -2.10. The van der Waals surface area contributed by atoms with Gasteiger partial charge in [-0.3, -0.25) is 4.90 Å². The average Bonchev–Trinajstić information content (AvgIpc) is 2.75. The Bertz CT molecular complexity index is 369. The van der Waals surface area contributed by atoms with E-state index in [1.54, 1.807) is 16.2 Å². The van der Waals surface area contributed by atoms with Gasteiger partial charge in [-0.25, -0.2) is 4.79 Å². The van der Waals surface area contributed by atoms with Crippen molar-refractivity contribution in [3.8, 4) is 0 Å². The summed E-state index contributed by atoms with van der Waals surface area (Å²) >= 11 is 5.00. The number of carbonyl (C=O) groups is 1. The molecule has 0 saturated carbocycles. The molecule has 1 saturated heterocycles. The highest BCUT2D eigenvalue weighted by molar-refractivity contribution is 9.10. The lowest BCUT2D eigenvalue weighted by Crippen LogP contribution is -2.27. The first-order valence-corrected chi connectivity index (χ1v) is 6.25. The maximum atomic E-state index is 11.4. The zero-order valence-corrected chi connectivity index (χ0v) is 10.4. The second-order valence-corrected chi connectivity index (χ2v) is 5.26. The van der Waals surface area contributed by atoms with Crippen LogP contribution in [-0.2, 0) is 11.3 Å². The molecule has 2 heterocycles. The fourth-order valence-corrected chi connectivity index (χ4v) is 2.92. The summed E-state index contributed by atoms with van der Waals surface area (Å²) in [5.74, 6) is 0. The van der Waals surface area contributed by atoms with Crippen LogP contribution in [0.5, 0.6) is 0 Å². The van der Waals surface area contributed by atoms with Crippen LogP contribution in [0.1, 0.15) is 4.88 Å². The molecule has 1 atom stereocenters. The van der Waals surface area contributed by atoms with Crippen molar-refractivity contribution >= 4 is 33.4 Å². The highest BCUT2D eigenvalue weighted by Crippen LogP contribution is 2.23. The Kier molecular flexibility index (Phi) is 3.28. The zero-order chi connectivity index (χ0) is 10.8. The lowest BCUT2D eigenvalue weighted by atomic mass is 10.3. The number of cyclic esters (lactones) is 1. The maximum absolute atomic E-state index is 11.4. The monoisotopic (exact) mass is 290 g/mol. The number of rotatable bonds is 3. The summed E-state index contributed by atoms with van der Waals surface area (Å²) in [5.41, 5.74) is 5.45. The molecule has 15 heavy (non-hydrogen) atoms. The summed E-state index contributed by atoms with van der Waals surface area (Å²) in [4.78, 5) is 14.2.